The van der Waals surface area contributed by atoms with Crippen LogP contribution < -0.4 is 0 Å². The van der Waals surface area contributed by atoms with Gasteiger partial charge in [0.2, 0.25) is 0 Å². The van der Waals surface area contributed by atoms with E-state index in [2.05, 4.69) is 53.4 Å². The van der Waals surface area contributed by atoms with Gasteiger partial charge in [-0.1, -0.05) is 41.1 Å². The molecule has 0 amide bonds. The monoisotopic (exact) mass is 244 g/mol. The minimum atomic E-state index is 0.698. The van der Waals surface area contributed by atoms with Crippen LogP contribution in [-0.2, 0) is 6.42 Å². The summed E-state index contributed by atoms with van der Waals surface area (Å²) in [6, 6.07) is 8.42. The summed E-state index contributed by atoms with van der Waals surface area (Å²) >= 11 is 5.45. The van der Waals surface area contributed by atoms with E-state index in [0.29, 0.717) is 5.25 Å². The molecule has 0 saturated carbocycles. The molecule has 0 aliphatic heterocycles. The van der Waals surface area contributed by atoms with E-state index < -0.39 is 0 Å². The van der Waals surface area contributed by atoms with E-state index >= 15 is 0 Å². The van der Waals surface area contributed by atoms with E-state index in [0.717, 1.165) is 6.42 Å². The molecule has 1 unspecified atom stereocenters. The zero-order valence-electron chi connectivity index (χ0n) is 7.38. The number of rotatable bonds is 3. The highest BCUT2D eigenvalue weighted by atomic mass is 79.9. The van der Waals surface area contributed by atoms with Gasteiger partial charge in [0.15, 0.2) is 0 Å². The van der Waals surface area contributed by atoms with Gasteiger partial charge >= 0.3 is 0 Å². The molecule has 1 atom stereocenters. The molecule has 2 heteroatoms. The second-order valence-corrected chi connectivity index (χ2v) is 4.97. The van der Waals surface area contributed by atoms with Gasteiger partial charge in [-0.2, -0.15) is 11.8 Å². The second kappa shape index (κ2) is 4.93. The molecule has 1 aromatic rings. The van der Waals surface area contributed by atoms with Crippen molar-refractivity contribution in [2.45, 2.75) is 18.6 Å². The third-order valence-electron chi connectivity index (χ3n) is 1.87. The number of hydrogen-bond acceptors (Lipinski definition) is 1. The highest BCUT2D eigenvalue weighted by molar-refractivity contribution is 9.10. The molecule has 0 bridgehead atoms. The van der Waals surface area contributed by atoms with Gasteiger partial charge < -0.3 is 0 Å². The van der Waals surface area contributed by atoms with Gasteiger partial charge in [0.05, 0.1) is 0 Å². The van der Waals surface area contributed by atoms with E-state index in [1.54, 1.807) is 0 Å². The van der Waals surface area contributed by atoms with Crippen molar-refractivity contribution in [2.75, 3.05) is 6.26 Å². The maximum Gasteiger partial charge on any atom is 0.0207 e. The zero-order valence-corrected chi connectivity index (χ0v) is 9.78. The van der Waals surface area contributed by atoms with Crippen molar-refractivity contribution in [1.82, 2.24) is 0 Å². The van der Waals surface area contributed by atoms with Gasteiger partial charge in [0.25, 0.3) is 0 Å². The Morgan fingerprint density at radius 2 is 2.08 bits per heavy atom. The average Bonchev–Trinajstić information content (AvgIpc) is 2.09. The molecule has 0 spiro atoms. The Labute approximate surface area is 86.9 Å². The molecular weight excluding hydrogens is 232 g/mol. The molecule has 12 heavy (non-hydrogen) atoms. The van der Waals surface area contributed by atoms with Crippen LogP contribution in [0.4, 0.5) is 0 Å². The highest BCUT2D eigenvalue weighted by Gasteiger charge is 2.03. The minimum Gasteiger partial charge on any atom is -0.162 e. The standard InChI is InChI=1S/C10H13BrS/c1-8(12-2)7-9-5-3-4-6-10(9)11/h3-6,8H,7H2,1-2H3. The molecule has 0 fully saturated rings. The fourth-order valence-electron chi connectivity index (χ4n) is 1.06. The summed E-state index contributed by atoms with van der Waals surface area (Å²) in [6.07, 6.45) is 3.30. The van der Waals surface area contributed by atoms with Crippen molar-refractivity contribution in [2.24, 2.45) is 0 Å². The van der Waals surface area contributed by atoms with Crippen molar-refractivity contribution in [3.8, 4) is 0 Å². The van der Waals surface area contributed by atoms with E-state index in [1.807, 2.05) is 11.8 Å². The van der Waals surface area contributed by atoms with Crippen LogP contribution in [0.25, 0.3) is 0 Å². The van der Waals surface area contributed by atoms with Crippen LogP contribution in [0.15, 0.2) is 28.7 Å². The molecule has 0 N–H and O–H groups in total. The van der Waals surface area contributed by atoms with Crippen LogP contribution in [0, 0.1) is 0 Å². The number of benzene rings is 1. The summed E-state index contributed by atoms with van der Waals surface area (Å²) in [7, 11) is 0. The van der Waals surface area contributed by atoms with Crippen LogP contribution in [0.3, 0.4) is 0 Å². The maximum atomic E-state index is 3.54. The van der Waals surface area contributed by atoms with E-state index in [4.69, 9.17) is 0 Å². The first-order valence-electron chi connectivity index (χ1n) is 4.00. The number of thioether (sulfide) groups is 1. The lowest BCUT2D eigenvalue weighted by atomic mass is 10.1. The van der Waals surface area contributed by atoms with Gasteiger partial charge in [0, 0.05) is 9.72 Å². The Morgan fingerprint density at radius 3 is 2.67 bits per heavy atom. The van der Waals surface area contributed by atoms with Crippen LogP contribution in [0.1, 0.15) is 12.5 Å². The summed E-state index contributed by atoms with van der Waals surface area (Å²) < 4.78 is 1.23. The Kier molecular flexibility index (Phi) is 4.16. The van der Waals surface area contributed by atoms with Crippen molar-refractivity contribution in [3.05, 3.63) is 34.3 Å². The topological polar surface area (TPSA) is 0 Å². The fourth-order valence-corrected chi connectivity index (χ4v) is 1.85. The fraction of sp³-hybridized carbons (Fsp3) is 0.400. The third-order valence-corrected chi connectivity index (χ3v) is 3.61. The Morgan fingerprint density at radius 1 is 1.42 bits per heavy atom. The quantitative estimate of drug-likeness (QED) is 0.781. The van der Waals surface area contributed by atoms with Gasteiger partial charge in [-0.15, -0.1) is 0 Å². The SMILES string of the molecule is CSC(C)Cc1ccccc1Br. The Balaban J connectivity index is 2.69. The van der Waals surface area contributed by atoms with Gasteiger partial charge in [-0.05, 0) is 24.3 Å². The first-order valence-corrected chi connectivity index (χ1v) is 6.08. The molecule has 0 radical (unpaired) electrons. The highest BCUT2D eigenvalue weighted by Crippen LogP contribution is 2.20. The molecule has 1 rings (SSSR count). The predicted molar refractivity (Wildman–Crippen MR) is 60.8 cm³/mol. The number of hydrogen-bond donors (Lipinski definition) is 0. The van der Waals surface area contributed by atoms with Gasteiger partial charge in [-0.25, -0.2) is 0 Å². The first kappa shape index (κ1) is 10.1. The molecule has 1 aromatic carbocycles. The Bertz CT molecular complexity index is 247. The summed E-state index contributed by atoms with van der Waals surface area (Å²) in [4.78, 5) is 0. The third kappa shape index (κ3) is 2.83. The van der Waals surface area contributed by atoms with Gasteiger partial charge in [0.1, 0.15) is 0 Å². The maximum absolute atomic E-state index is 3.54. The van der Waals surface area contributed by atoms with Crippen molar-refractivity contribution in [1.29, 1.82) is 0 Å². The van der Waals surface area contributed by atoms with Crippen molar-refractivity contribution in [3.63, 3.8) is 0 Å². The lowest BCUT2D eigenvalue weighted by molar-refractivity contribution is 0.941. The van der Waals surface area contributed by atoms with Crippen molar-refractivity contribution >= 4 is 27.7 Å². The van der Waals surface area contributed by atoms with E-state index in [9.17, 15) is 0 Å². The van der Waals surface area contributed by atoms with Crippen LogP contribution >= 0.6 is 27.7 Å². The summed E-state index contributed by atoms with van der Waals surface area (Å²) in [6.45, 7) is 2.25. The summed E-state index contributed by atoms with van der Waals surface area (Å²) in [5.41, 5.74) is 1.40. The summed E-state index contributed by atoms with van der Waals surface area (Å²) in [5.74, 6) is 0. The first-order chi connectivity index (χ1) is 5.74. The van der Waals surface area contributed by atoms with E-state index in [1.165, 1.54) is 10.0 Å². The molecule has 0 saturated heterocycles. The summed E-state index contributed by atoms with van der Waals surface area (Å²) in [5, 5.41) is 0.698. The largest absolute Gasteiger partial charge is 0.162 e. The lowest BCUT2D eigenvalue weighted by Gasteiger charge is -2.08. The molecule has 0 heterocycles. The molecule has 0 nitrogen and oxygen atoms in total. The molecule has 0 aliphatic rings. The van der Waals surface area contributed by atoms with Crippen LogP contribution in [0.5, 0.6) is 0 Å². The Hall–Kier alpha value is 0.0500. The predicted octanol–water partition coefficient (Wildman–Crippen LogP) is 3.74. The van der Waals surface area contributed by atoms with Crippen LogP contribution in [0.2, 0.25) is 0 Å². The molecular formula is C10H13BrS. The van der Waals surface area contributed by atoms with E-state index in [-0.39, 0.29) is 0 Å². The lowest BCUT2D eigenvalue weighted by Crippen LogP contribution is -2.00. The smallest absolute Gasteiger partial charge is 0.0207 e. The number of halogens is 1. The second-order valence-electron chi connectivity index (χ2n) is 2.84. The molecule has 66 valence electrons. The average molecular weight is 245 g/mol. The molecule has 0 aromatic heterocycles. The normalized spacial score (nSPS) is 12.9. The zero-order chi connectivity index (χ0) is 8.97. The van der Waals surface area contributed by atoms with Crippen LogP contribution in [-0.4, -0.2) is 11.5 Å². The molecule has 0 aliphatic carbocycles. The van der Waals surface area contributed by atoms with Gasteiger partial charge in [-0.3, -0.25) is 0 Å². The van der Waals surface area contributed by atoms with Crippen molar-refractivity contribution < 1.29 is 0 Å². The minimum absolute atomic E-state index is 0.698.